The summed E-state index contributed by atoms with van der Waals surface area (Å²) in [5.41, 5.74) is 0. The third-order valence-corrected chi connectivity index (χ3v) is 3.55. The van der Waals surface area contributed by atoms with E-state index in [1.54, 1.807) is 6.33 Å². The molecule has 1 aliphatic rings. The lowest BCUT2D eigenvalue weighted by molar-refractivity contribution is 0.666. The first kappa shape index (κ1) is 8.31. The van der Waals surface area contributed by atoms with Crippen LogP contribution in [-0.4, -0.2) is 26.9 Å². The molecule has 1 fully saturated rings. The first-order valence-corrected chi connectivity index (χ1v) is 5.99. The van der Waals surface area contributed by atoms with Crippen molar-refractivity contribution in [3.63, 3.8) is 0 Å². The highest BCUT2D eigenvalue weighted by Gasteiger charge is 2.13. The number of nitrogens with zero attached hydrogens (tertiary/aromatic N) is 2. The minimum atomic E-state index is 0.624. The lowest BCUT2D eigenvalue weighted by Gasteiger charge is -2.21. The number of hydrogen-bond donors (Lipinski definition) is 1. The van der Waals surface area contributed by atoms with Crippen molar-refractivity contribution >= 4 is 28.4 Å². The molecule has 0 aromatic carbocycles. The first-order chi connectivity index (χ1) is 5.95. The summed E-state index contributed by atoms with van der Waals surface area (Å²) in [6, 6.07) is 0.624. The fourth-order valence-corrected chi connectivity index (χ4v) is 2.87. The molecule has 0 atom stereocenters. The van der Waals surface area contributed by atoms with Crippen LogP contribution in [0.4, 0.5) is 5.13 Å². The Kier molecular flexibility index (Phi) is 2.83. The fraction of sp³-hybridized carbons (Fsp3) is 0.714. The van der Waals surface area contributed by atoms with Crippen molar-refractivity contribution in [2.75, 3.05) is 16.8 Å². The largest absolute Gasteiger partial charge is 0.358 e. The zero-order valence-corrected chi connectivity index (χ0v) is 8.33. The van der Waals surface area contributed by atoms with Crippen molar-refractivity contribution in [2.24, 2.45) is 0 Å². The third-order valence-electron chi connectivity index (χ3n) is 1.91. The van der Waals surface area contributed by atoms with Gasteiger partial charge >= 0.3 is 0 Å². The minimum absolute atomic E-state index is 0.624. The number of rotatable bonds is 2. The van der Waals surface area contributed by atoms with Gasteiger partial charge in [-0.1, -0.05) is 0 Å². The minimum Gasteiger partial charge on any atom is -0.358 e. The van der Waals surface area contributed by atoms with Gasteiger partial charge in [0.25, 0.3) is 0 Å². The first-order valence-electron chi connectivity index (χ1n) is 4.06. The second-order valence-corrected chi connectivity index (χ2v) is 4.78. The van der Waals surface area contributed by atoms with Gasteiger partial charge in [0.2, 0.25) is 5.13 Å². The highest BCUT2D eigenvalue weighted by atomic mass is 32.2. The predicted octanol–water partition coefficient (Wildman–Crippen LogP) is 1.85. The topological polar surface area (TPSA) is 37.8 Å². The van der Waals surface area contributed by atoms with E-state index in [0.717, 1.165) is 5.13 Å². The van der Waals surface area contributed by atoms with Gasteiger partial charge in [-0.05, 0) is 24.3 Å². The van der Waals surface area contributed by atoms with Crippen molar-refractivity contribution in [3.05, 3.63) is 6.33 Å². The van der Waals surface area contributed by atoms with Crippen LogP contribution in [0, 0.1) is 0 Å². The second-order valence-electron chi connectivity index (χ2n) is 2.78. The molecule has 2 rings (SSSR count). The van der Waals surface area contributed by atoms with E-state index in [1.165, 1.54) is 35.9 Å². The summed E-state index contributed by atoms with van der Waals surface area (Å²) in [5.74, 6) is 2.55. The average Bonchev–Trinajstić information content (AvgIpc) is 2.59. The van der Waals surface area contributed by atoms with Crippen LogP contribution < -0.4 is 5.32 Å². The summed E-state index contributed by atoms with van der Waals surface area (Å²) < 4.78 is 3.95. The highest BCUT2D eigenvalue weighted by molar-refractivity contribution is 7.99. The molecule has 1 aromatic rings. The number of nitrogens with one attached hydrogen (secondary N) is 1. The summed E-state index contributed by atoms with van der Waals surface area (Å²) in [7, 11) is 0. The van der Waals surface area contributed by atoms with Crippen LogP contribution in [0.5, 0.6) is 0 Å². The molecule has 1 aliphatic heterocycles. The molecule has 1 N–H and O–H groups in total. The normalized spacial score (nSPS) is 19.3. The van der Waals surface area contributed by atoms with Crippen molar-refractivity contribution in [2.45, 2.75) is 18.9 Å². The molecule has 0 bridgehead atoms. The van der Waals surface area contributed by atoms with E-state index in [9.17, 15) is 0 Å². The molecule has 2 heterocycles. The Labute approximate surface area is 80.1 Å². The Balaban J connectivity index is 1.86. The van der Waals surface area contributed by atoms with Gasteiger partial charge < -0.3 is 5.32 Å². The molecule has 66 valence electrons. The van der Waals surface area contributed by atoms with Crippen LogP contribution >= 0.6 is 23.3 Å². The van der Waals surface area contributed by atoms with Crippen LogP contribution in [0.25, 0.3) is 0 Å². The van der Waals surface area contributed by atoms with E-state index in [-0.39, 0.29) is 0 Å². The number of thioether (sulfide) groups is 1. The molecule has 1 saturated heterocycles. The maximum absolute atomic E-state index is 4.10. The molecule has 0 aliphatic carbocycles. The van der Waals surface area contributed by atoms with Gasteiger partial charge in [-0.2, -0.15) is 16.1 Å². The van der Waals surface area contributed by atoms with Crippen molar-refractivity contribution in [1.29, 1.82) is 0 Å². The van der Waals surface area contributed by atoms with Crippen molar-refractivity contribution in [3.8, 4) is 0 Å². The van der Waals surface area contributed by atoms with Crippen LogP contribution in [0.1, 0.15) is 12.8 Å². The maximum atomic E-state index is 4.10. The van der Waals surface area contributed by atoms with E-state index in [4.69, 9.17) is 0 Å². The lowest BCUT2D eigenvalue weighted by atomic mass is 10.2. The molecule has 1 aromatic heterocycles. The van der Waals surface area contributed by atoms with Crippen LogP contribution in [0.2, 0.25) is 0 Å². The SMILES string of the molecule is c1nsc(NC2CCSCC2)n1. The van der Waals surface area contributed by atoms with Crippen LogP contribution in [-0.2, 0) is 0 Å². The highest BCUT2D eigenvalue weighted by Crippen LogP contribution is 2.20. The zero-order chi connectivity index (χ0) is 8.23. The Bertz CT molecular complexity index is 219. The summed E-state index contributed by atoms with van der Waals surface area (Å²) in [6.07, 6.45) is 4.11. The van der Waals surface area contributed by atoms with E-state index in [0.29, 0.717) is 6.04 Å². The summed E-state index contributed by atoms with van der Waals surface area (Å²) in [4.78, 5) is 4.10. The summed E-state index contributed by atoms with van der Waals surface area (Å²) in [6.45, 7) is 0. The van der Waals surface area contributed by atoms with Crippen molar-refractivity contribution in [1.82, 2.24) is 9.36 Å². The molecule has 5 heteroatoms. The number of anilines is 1. The molecule has 3 nitrogen and oxygen atoms in total. The van der Waals surface area contributed by atoms with Gasteiger partial charge in [0.05, 0.1) is 0 Å². The zero-order valence-electron chi connectivity index (χ0n) is 6.69. The van der Waals surface area contributed by atoms with E-state index >= 15 is 0 Å². The van der Waals surface area contributed by atoms with Gasteiger partial charge in [0.1, 0.15) is 6.33 Å². The molecule has 0 spiro atoms. The third kappa shape index (κ3) is 2.10. The van der Waals surface area contributed by atoms with Crippen molar-refractivity contribution < 1.29 is 0 Å². The van der Waals surface area contributed by atoms with Gasteiger partial charge in [0.15, 0.2) is 0 Å². The standard InChI is InChI=1S/C7H11N3S2/c1-3-11-4-2-6(1)10-7-8-5-9-12-7/h5-6H,1-4H2,(H,8,9,10). The Hall–Kier alpha value is -0.290. The van der Waals surface area contributed by atoms with E-state index in [2.05, 4.69) is 14.7 Å². The molecule has 0 radical (unpaired) electrons. The smallest absolute Gasteiger partial charge is 0.202 e. The maximum Gasteiger partial charge on any atom is 0.202 e. The van der Waals surface area contributed by atoms with E-state index in [1.807, 2.05) is 11.8 Å². The summed E-state index contributed by atoms with van der Waals surface area (Å²) >= 11 is 3.48. The Morgan fingerprint density at radius 1 is 1.42 bits per heavy atom. The average molecular weight is 201 g/mol. The Morgan fingerprint density at radius 2 is 2.25 bits per heavy atom. The number of aromatic nitrogens is 2. The molecule has 0 saturated carbocycles. The molecular weight excluding hydrogens is 190 g/mol. The fourth-order valence-electron chi connectivity index (χ4n) is 1.25. The predicted molar refractivity (Wildman–Crippen MR) is 53.9 cm³/mol. The van der Waals surface area contributed by atoms with Gasteiger partial charge in [-0.15, -0.1) is 0 Å². The van der Waals surface area contributed by atoms with Crippen LogP contribution in [0.3, 0.4) is 0 Å². The summed E-state index contributed by atoms with van der Waals surface area (Å²) in [5, 5.41) is 4.36. The molecule has 0 unspecified atom stereocenters. The molecule has 12 heavy (non-hydrogen) atoms. The Morgan fingerprint density at radius 3 is 2.92 bits per heavy atom. The lowest BCUT2D eigenvalue weighted by Crippen LogP contribution is -2.24. The quantitative estimate of drug-likeness (QED) is 0.792. The molecular formula is C7H11N3S2. The van der Waals surface area contributed by atoms with Gasteiger partial charge in [-0.3, -0.25) is 0 Å². The van der Waals surface area contributed by atoms with Gasteiger partial charge in [-0.25, -0.2) is 4.98 Å². The number of hydrogen-bond acceptors (Lipinski definition) is 5. The van der Waals surface area contributed by atoms with Crippen LogP contribution in [0.15, 0.2) is 6.33 Å². The van der Waals surface area contributed by atoms with Gasteiger partial charge in [0, 0.05) is 17.6 Å². The van der Waals surface area contributed by atoms with E-state index < -0.39 is 0 Å². The second kappa shape index (κ2) is 4.09. The molecule has 0 amide bonds. The monoisotopic (exact) mass is 201 g/mol.